The van der Waals surface area contributed by atoms with Gasteiger partial charge in [0.1, 0.15) is 4.21 Å². The highest BCUT2D eigenvalue weighted by molar-refractivity contribution is 7.91. The summed E-state index contributed by atoms with van der Waals surface area (Å²) in [5, 5.41) is 9.92. The first-order valence-corrected chi connectivity index (χ1v) is 9.25. The maximum atomic E-state index is 11.8. The summed E-state index contributed by atoms with van der Waals surface area (Å²) in [4.78, 5) is 10.7. The Morgan fingerprint density at radius 1 is 1.35 bits per heavy atom. The number of sulfonamides is 2. The Bertz CT molecular complexity index is 689. The lowest BCUT2D eigenvalue weighted by molar-refractivity contribution is 0.0697. The van der Waals surface area contributed by atoms with E-state index in [4.69, 9.17) is 5.11 Å². The lowest BCUT2D eigenvalue weighted by Gasteiger charge is -2.11. The smallest absolute Gasteiger partial charge is 0.336 e. The predicted molar refractivity (Wildman–Crippen MR) is 73.9 cm³/mol. The fraction of sp³-hybridized carbons (Fsp3) is 0.444. The molecule has 1 aromatic heterocycles. The number of hydrogen-bond donors (Lipinski definition) is 2. The fourth-order valence-electron chi connectivity index (χ4n) is 1.13. The highest BCUT2D eigenvalue weighted by Gasteiger charge is 2.20. The number of carbonyl (C=O) groups is 1. The van der Waals surface area contributed by atoms with E-state index >= 15 is 0 Å². The fourth-order valence-corrected chi connectivity index (χ4v) is 4.21. The van der Waals surface area contributed by atoms with Gasteiger partial charge in [-0.3, -0.25) is 0 Å². The van der Waals surface area contributed by atoms with Crippen LogP contribution in [-0.2, 0) is 20.0 Å². The van der Waals surface area contributed by atoms with Gasteiger partial charge in [0.05, 0.1) is 11.3 Å². The molecule has 20 heavy (non-hydrogen) atoms. The molecule has 0 saturated carbocycles. The number of aromatic carboxylic acids is 1. The van der Waals surface area contributed by atoms with Crippen LogP contribution in [-0.4, -0.2) is 58.6 Å². The van der Waals surface area contributed by atoms with Crippen molar-refractivity contribution >= 4 is 37.4 Å². The molecule has 114 valence electrons. The molecule has 0 amide bonds. The average Bonchev–Trinajstić information content (AvgIpc) is 2.77. The van der Waals surface area contributed by atoms with Gasteiger partial charge in [-0.05, 0) is 6.07 Å². The SMILES string of the molecule is CN(C)S(=O)(=O)CCNS(=O)(=O)c1cc(C(=O)O)cs1. The second-order valence-corrected chi connectivity index (χ2v) is 9.16. The summed E-state index contributed by atoms with van der Waals surface area (Å²) in [6, 6.07) is 1.02. The summed E-state index contributed by atoms with van der Waals surface area (Å²) in [6.45, 7) is -0.289. The van der Waals surface area contributed by atoms with Gasteiger partial charge in [0, 0.05) is 26.0 Å². The second kappa shape index (κ2) is 6.18. The summed E-state index contributed by atoms with van der Waals surface area (Å²) < 4.78 is 49.5. The Balaban J connectivity index is 2.73. The largest absolute Gasteiger partial charge is 0.478 e. The number of nitrogens with one attached hydrogen (secondary N) is 1. The van der Waals surface area contributed by atoms with E-state index in [1.807, 2.05) is 0 Å². The van der Waals surface area contributed by atoms with Crippen LogP contribution in [0.4, 0.5) is 0 Å². The van der Waals surface area contributed by atoms with E-state index in [0.29, 0.717) is 0 Å². The van der Waals surface area contributed by atoms with Crippen molar-refractivity contribution in [3.05, 3.63) is 17.0 Å². The standard InChI is InChI=1S/C9H14N2O6S3/c1-11(2)19(14,15)4-3-10-20(16,17)8-5-7(6-18-8)9(12)13/h5-6,10H,3-4H2,1-2H3,(H,12,13). The van der Waals surface area contributed by atoms with Gasteiger partial charge >= 0.3 is 5.97 Å². The van der Waals surface area contributed by atoms with E-state index in [2.05, 4.69) is 4.72 Å². The minimum Gasteiger partial charge on any atom is -0.478 e. The molecule has 1 rings (SSSR count). The molecule has 0 aromatic carbocycles. The molecule has 0 aliphatic rings. The second-order valence-electron chi connectivity index (χ2n) is 3.96. The molecule has 0 saturated heterocycles. The molecule has 0 spiro atoms. The van der Waals surface area contributed by atoms with E-state index in [1.54, 1.807) is 0 Å². The number of hydrogen-bond acceptors (Lipinski definition) is 6. The quantitative estimate of drug-likeness (QED) is 0.696. The monoisotopic (exact) mass is 342 g/mol. The number of thiophene rings is 1. The van der Waals surface area contributed by atoms with E-state index < -0.39 is 26.0 Å². The molecular weight excluding hydrogens is 328 g/mol. The third kappa shape index (κ3) is 4.24. The summed E-state index contributed by atoms with van der Waals surface area (Å²) in [7, 11) is -4.70. The van der Waals surface area contributed by atoms with Crippen molar-refractivity contribution in [2.24, 2.45) is 0 Å². The van der Waals surface area contributed by atoms with E-state index in [-0.39, 0.29) is 22.1 Å². The van der Waals surface area contributed by atoms with Gasteiger partial charge in [0.25, 0.3) is 0 Å². The minimum absolute atomic E-state index is 0.128. The minimum atomic E-state index is -3.90. The van der Waals surface area contributed by atoms with Crippen LogP contribution in [0.3, 0.4) is 0 Å². The summed E-state index contributed by atoms with van der Waals surface area (Å²) in [5.41, 5.74) is -0.128. The molecule has 0 bridgehead atoms. The molecule has 1 heterocycles. The van der Waals surface area contributed by atoms with Crippen molar-refractivity contribution in [1.82, 2.24) is 9.03 Å². The molecule has 11 heteroatoms. The van der Waals surface area contributed by atoms with Crippen molar-refractivity contribution in [2.45, 2.75) is 4.21 Å². The molecule has 0 unspecified atom stereocenters. The lowest BCUT2D eigenvalue weighted by Crippen LogP contribution is -2.33. The van der Waals surface area contributed by atoms with Crippen LogP contribution in [0, 0.1) is 0 Å². The molecule has 0 aliphatic heterocycles. The van der Waals surface area contributed by atoms with Gasteiger partial charge in [0.2, 0.25) is 20.0 Å². The lowest BCUT2D eigenvalue weighted by atomic mass is 10.4. The van der Waals surface area contributed by atoms with E-state index in [9.17, 15) is 21.6 Å². The van der Waals surface area contributed by atoms with Gasteiger partial charge < -0.3 is 5.11 Å². The Hall–Kier alpha value is -1.01. The van der Waals surface area contributed by atoms with Crippen molar-refractivity contribution in [3.63, 3.8) is 0 Å². The topological polar surface area (TPSA) is 121 Å². The third-order valence-corrected chi connectivity index (χ3v) is 7.03. The van der Waals surface area contributed by atoms with Crippen LogP contribution < -0.4 is 4.72 Å². The van der Waals surface area contributed by atoms with Gasteiger partial charge in [-0.1, -0.05) is 0 Å². The first-order valence-electron chi connectivity index (χ1n) is 5.28. The van der Waals surface area contributed by atoms with Gasteiger partial charge in [-0.15, -0.1) is 11.3 Å². The highest BCUT2D eigenvalue weighted by atomic mass is 32.2. The first-order chi connectivity index (χ1) is 9.06. The Morgan fingerprint density at radius 2 is 1.95 bits per heavy atom. The summed E-state index contributed by atoms with van der Waals surface area (Å²) in [6.07, 6.45) is 0. The maximum Gasteiger partial charge on any atom is 0.336 e. The zero-order chi connectivity index (χ0) is 15.6. The molecule has 8 nitrogen and oxygen atoms in total. The van der Waals surface area contributed by atoms with Crippen molar-refractivity contribution in [2.75, 3.05) is 26.4 Å². The van der Waals surface area contributed by atoms with Crippen molar-refractivity contribution in [3.8, 4) is 0 Å². The molecular formula is C9H14N2O6S3. The van der Waals surface area contributed by atoms with E-state index in [0.717, 1.165) is 21.7 Å². The van der Waals surface area contributed by atoms with Crippen LogP contribution in [0.1, 0.15) is 10.4 Å². The average molecular weight is 342 g/mol. The Labute approximate surface area is 121 Å². The number of nitrogens with zero attached hydrogens (tertiary/aromatic N) is 1. The van der Waals surface area contributed by atoms with Gasteiger partial charge in [-0.2, -0.15) is 0 Å². The Kier molecular flexibility index (Phi) is 5.27. The van der Waals surface area contributed by atoms with Crippen LogP contribution >= 0.6 is 11.3 Å². The van der Waals surface area contributed by atoms with Gasteiger partial charge in [0.15, 0.2) is 0 Å². The molecule has 2 N–H and O–H groups in total. The number of rotatable bonds is 7. The van der Waals surface area contributed by atoms with Crippen LogP contribution in [0.15, 0.2) is 15.7 Å². The summed E-state index contributed by atoms with van der Waals surface area (Å²) >= 11 is 0.758. The number of carboxylic acid groups (broad SMARTS) is 1. The summed E-state index contributed by atoms with van der Waals surface area (Å²) in [5.74, 6) is -1.60. The van der Waals surface area contributed by atoms with Crippen LogP contribution in [0.5, 0.6) is 0 Å². The molecule has 0 aliphatic carbocycles. The zero-order valence-electron chi connectivity index (χ0n) is 10.7. The first kappa shape index (κ1) is 17.0. The maximum absolute atomic E-state index is 11.8. The zero-order valence-corrected chi connectivity index (χ0v) is 13.2. The normalized spacial score (nSPS) is 12.8. The van der Waals surface area contributed by atoms with E-state index in [1.165, 1.54) is 19.5 Å². The van der Waals surface area contributed by atoms with Crippen LogP contribution in [0.25, 0.3) is 0 Å². The predicted octanol–water partition coefficient (Wildman–Crippen LogP) is -0.384. The molecule has 0 atom stereocenters. The van der Waals surface area contributed by atoms with Crippen molar-refractivity contribution in [1.29, 1.82) is 0 Å². The molecule has 0 radical (unpaired) electrons. The number of carboxylic acids is 1. The third-order valence-electron chi connectivity index (χ3n) is 2.30. The molecule has 1 aromatic rings. The highest BCUT2D eigenvalue weighted by Crippen LogP contribution is 2.19. The van der Waals surface area contributed by atoms with Gasteiger partial charge in [-0.25, -0.2) is 30.7 Å². The Morgan fingerprint density at radius 3 is 2.40 bits per heavy atom. The van der Waals surface area contributed by atoms with Crippen molar-refractivity contribution < 1.29 is 26.7 Å². The van der Waals surface area contributed by atoms with Crippen LogP contribution in [0.2, 0.25) is 0 Å². The molecule has 0 fully saturated rings.